The van der Waals surface area contributed by atoms with Crippen molar-refractivity contribution in [1.29, 1.82) is 0 Å². The van der Waals surface area contributed by atoms with E-state index in [1.54, 1.807) is 13.8 Å². The van der Waals surface area contributed by atoms with Crippen molar-refractivity contribution in [3.05, 3.63) is 36.5 Å². The Labute approximate surface area is 214 Å². The van der Waals surface area contributed by atoms with Gasteiger partial charge in [-0.05, 0) is 52.6 Å². The van der Waals surface area contributed by atoms with E-state index in [9.17, 15) is 14.4 Å². The Morgan fingerprint density at radius 3 is 1.80 bits per heavy atom. The lowest BCUT2D eigenvalue weighted by Gasteiger charge is -2.13. The molecule has 0 saturated heterocycles. The zero-order valence-corrected chi connectivity index (χ0v) is 23.6. The lowest BCUT2D eigenvalue weighted by molar-refractivity contribution is -0.140. The highest BCUT2D eigenvalue weighted by atomic mass is 16.5. The number of esters is 2. The quantitative estimate of drug-likeness (QED) is 0.217. The van der Waals surface area contributed by atoms with E-state index in [1.807, 2.05) is 32.8 Å². The van der Waals surface area contributed by atoms with Crippen molar-refractivity contribution in [3.63, 3.8) is 0 Å². The van der Waals surface area contributed by atoms with Crippen LogP contribution in [0.5, 0.6) is 0 Å². The predicted molar refractivity (Wildman–Crippen MR) is 144 cm³/mol. The first kappa shape index (κ1) is 37.1. The monoisotopic (exact) mass is 497 g/mol. The van der Waals surface area contributed by atoms with Gasteiger partial charge in [-0.15, -0.1) is 0 Å². The van der Waals surface area contributed by atoms with E-state index in [0.29, 0.717) is 48.2 Å². The third-order valence-electron chi connectivity index (χ3n) is 4.72. The molecule has 7 nitrogen and oxygen atoms in total. The lowest BCUT2D eigenvalue weighted by atomic mass is 9.93. The fraction of sp³-hybridized carbons (Fsp3) is 0.679. The van der Waals surface area contributed by atoms with Crippen LogP contribution in [0.3, 0.4) is 0 Å². The molecule has 204 valence electrons. The average Bonchev–Trinajstić information content (AvgIpc) is 2.77. The van der Waals surface area contributed by atoms with E-state index in [0.717, 1.165) is 19.4 Å². The molecule has 1 atom stereocenters. The number of hydrogen-bond donors (Lipinski definition) is 1. The Bertz CT molecular complexity index is 652. The minimum absolute atomic E-state index is 0.297. The molecule has 1 unspecified atom stereocenters. The van der Waals surface area contributed by atoms with Crippen molar-refractivity contribution in [2.45, 2.75) is 80.1 Å². The van der Waals surface area contributed by atoms with Gasteiger partial charge in [0.05, 0.1) is 6.61 Å². The highest BCUT2D eigenvalue weighted by Gasteiger charge is 2.09. The van der Waals surface area contributed by atoms with Crippen LogP contribution in [0, 0.1) is 11.8 Å². The van der Waals surface area contributed by atoms with Crippen molar-refractivity contribution in [3.8, 4) is 0 Å². The first-order valence-corrected chi connectivity index (χ1v) is 12.4. The van der Waals surface area contributed by atoms with Crippen LogP contribution in [0.15, 0.2) is 36.5 Å². The summed E-state index contributed by atoms with van der Waals surface area (Å²) < 4.78 is 9.66. The van der Waals surface area contributed by atoms with Crippen LogP contribution in [0.1, 0.15) is 80.1 Å². The molecule has 1 N–H and O–H groups in total. The van der Waals surface area contributed by atoms with Gasteiger partial charge in [0.2, 0.25) is 0 Å². The number of carboxylic acids is 1. The summed E-state index contributed by atoms with van der Waals surface area (Å²) in [7, 11) is 3.85. The largest absolute Gasteiger partial charge is 0.478 e. The second kappa shape index (κ2) is 23.3. The van der Waals surface area contributed by atoms with Gasteiger partial charge < -0.3 is 19.5 Å². The Kier molecular flexibility index (Phi) is 24.8. The molecule has 0 amide bonds. The summed E-state index contributed by atoms with van der Waals surface area (Å²) in [6.45, 7) is 23.7. The first-order chi connectivity index (χ1) is 16.2. The van der Waals surface area contributed by atoms with Gasteiger partial charge in [-0.2, -0.15) is 0 Å². The maximum absolute atomic E-state index is 10.8. The van der Waals surface area contributed by atoms with Crippen LogP contribution in [-0.2, 0) is 23.9 Å². The Morgan fingerprint density at radius 2 is 1.43 bits per heavy atom. The topological polar surface area (TPSA) is 93.1 Å². The highest BCUT2D eigenvalue weighted by Crippen LogP contribution is 2.20. The number of unbranched alkanes of at least 4 members (excludes halogenated alkanes) is 1. The number of nitrogens with zero attached hydrogens (tertiary/aromatic N) is 1. The normalized spacial score (nSPS) is 10.8. The number of likely N-dealkylation sites (N-methyl/N-ethyl adjacent to an activating group) is 1. The molecule has 0 rings (SSSR count). The number of carboxylic acid groups (broad SMARTS) is 1. The number of rotatable bonds is 15. The van der Waals surface area contributed by atoms with Gasteiger partial charge in [-0.3, -0.25) is 0 Å². The van der Waals surface area contributed by atoms with Gasteiger partial charge in [0.25, 0.3) is 0 Å². The van der Waals surface area contributed by atoms with Gasteiger partial charge in [0, 0.05) is 23.3 Å². The summed E-state index contributed by atoms with van der Waals surface area (Å²) in [6, 6.07) is 0. The number of ether oxygens (including phenoxy) is 2. The van der Waals surface area contributed by atoms with Crippen LogP contribution in [0.4, 0.5) is 0 Å². The lowest BCUT2D eigenvalue weighted by Crippen LogP contribution is -2.20. The summed E-state index contributed by atoms with van der Waals surface area (Å²) in [5.74, 6) is -0.398. The molecule has 0 spiro atoms. The number of carbonyl (C=O) groups excluding carboxylic acids is 2. The fourth-order valence-electron chi connectivity index (χ4n) is 2.34. The maximum Gasteiger partial charge on any atom is 0.333 e. The van der Waals surface area contributed by atoms with E-state index in [4.69, 9.17) is 14.6 Å². The molecule has 0 aliphatic carbocycles. The summed E-state index contributed by atoms with van der Waals surface area (Å²) in [5.41, 5.74) is 1.25. The third kappa shape index (κ3) is 27.7. The van der Waals surface area contributed by atoms with E-state index in [-0.39, 0.29) is 11.9 Å². The Morgan fingerprint density at radius 1 is 0.914 bits per heavy atom. The highest BCUT2D eigenvalue weighted by molar-refractivity contribution is 5.87. The molecular formula is C28H51NO6. The molecule has 0 aliphatic rings. The molecule has 0 aromatic rings. The molecule has 0 fully saturated rings. The van der Waals surface area contributed by atoms with Crippen molar-refractivity contribution < 1.29 is 29.0 Å². The average molecular weight is 498 g/mol. The molecule has 0 aliphatic heterocycles. The molecule has 0 saturated carbocycles. The molecule has 0 bridgehead atoms. The number of hydrogen-bond acceptors (Lipinski definition) is 6. The van der Waals surface area contributed by atoms with Gasteiger partial charge in [0.1, 0.15) is 6.61 Å². The second-order valence-corrected chi connectivity index (χ2v) is 9.36. The van der Waals surface area contributed by atoms with Gasteiger partial charge in [-0.1, -0.05) is 73.1 Å². The van der Waals surface area contributed by atoms with Crippen molar-refractivity contribution in [2.24, 2.45) is 11.8 Å². The van der Waals surface area contributed by atoms with E-state index >= 15 is 0 Å². The molecule has 0 radical (unpaired) electrons. The Balaban J connectivity index is -0.000000447. The van der Waals surface area contributed by atoms with Gasteiger partial charge >= 0.3 is 17.9 Å². The summed E-state index contributed by atoms with van der Waals surface area (Å²) >= 11 is 0. The predicted octanol–water partition coefficient (Wildman–Crippen LogP) is 6.05. The number of carbonyl (C=O) groups is 3. The van der Waals surface area contributed by atoms with Crippen LogP contribution >= 0.6 is 0 Å². The fourth-order valence-corrected chi connectivity index (χ4v) is 2.34. The summed E-state index contributed by atoms with van der Waals surface area (Å²) in [6.07, 6.45) is 6.44. The van der Waals surface area contributed by atoms with E-state index < -0.39 is 5.97 Å². The van der Waals surface area contributed by atoms with E-state index in [2.05, 4.69) is 33.6 Å². The molecule has 35 heavy (non-hydrogen) atoms. The molecular weight excluding hydrogens is 446 g/mol. The van der Waals surface area contributed by atoms with Gasteiger partial charge in [-0.25, -0.2) is 14.4 Å². The third-order valence-corrected chi connectivity index (χ3v) is 4.72. The van der Waals surface area contributed by atoms with Crippen LogP contribution in [0.25, 0.3) is 0 Å². The zero-order chi connectivity index (χ0) is 28.0. The molecule has 0 aromatic heterocycles. The van der Waals surface area contributed by atoms with Crippen molar-refractivity contribution in [1.82, 2.24) is 4.90 Å². The number of aliphatic carboxylic acids is 1. The molecule has 0 aromatic carbocycles. The first-order valence-electron chi connectivity index (χ1n) is 12.4. The SMILES string of the molecule is C=C(C)C(=O)OCC(C)C.C=C(C)C(=O)OCCN(C)C.C=C(CCC(CC)CCCC)C(=O)O. The van der Waals surface area contributed by atoms with Crippen LogP contribution < -0.4 is 0 Å². The Hall–Kier alpha value is -2.41. The smallest absolute Gasteiger partial charge is 0.333 e. The molecule has 7 heteroatoms. The maximum atomic E-state index is 10.8. The van der Waals surface area contributed by atoms with Crippen molar-refractivity contribution >= 4 is 17.9 Å². The minimum atomic E-state index is -0.852. The standard InChI is InChI=1S/C12H22O2.C8H15NO2.C8H14O2/c1-4-6-7-11(5-2)9-8-10(3)12(13)14;1-7(2)8(10)11-6-5-9(3)4;1-6(2)5-10-8(9)7(3)4/h11H,3-9H2,1-2H3,(H,13,14);1,5-6H2,2-4H3;6H,3,5H2,1-2,4H3. The van der Waals surface area contributed by atoms with Crippen molar-refractivity contribution in [2.75, 3.05) is 33.9 Å². The van der Waals surface area contributed by atoms with Crippen LogP contribution in [0.2, 0.25) is 0 Å². The molecule has 0 heterocycles. The summed E-state index contributed by atoms with van der Waals surface area (Å²) in [5, 5.41) is 8.64. The second-order valence-electron chi connectivity index (χ2n) is 9.36. The van der Waals surface area contributed by atoms with E-state index in [1.165, 1.54) is 19.3 Å². The summed E-state index contributed by atoms with van der Waals surface area (Å²) in [4.78, 5) is 34.0. The zero-order valence-electron chi connectivity index (χ0n) is 23.6. The van der Waals surface area contributed by atoms with Gasteiger partial charge in [0.15, 0.2) is 0 Å². The van der Waals surface area contributed by atoms with Crippen LogP contribution in [-0.4, -0.2) is 61.8 Å². The minimum Gasteiger partial charge on any atom is -0.478 e.